The SMILES string of the molecule is Nc1cc(NC(=O)CSc2nncs2)ccc1F. The van der Waals surface area contributed by atoms with Crippen molar-refractivity contribution in [3.8, 4) is 0 Å². The van der Waals surface area contributed by atoms with E-state index >= 15 is 0 Å². The van der Waals surface area contributed by atoms with E-state index in [2.05, 4.69) is 15.5 Å². The Labute approximate surface area is 111 Å². The molecule has 8 heteroatoms. The summed E-state index contributed by atoms with van der Waals surface area (Å²) in [4.78, 5) is 11.6. The second kappa shape index (κ2) is 5.78. The second-order valence-corrected chi connectivity index (χ2v) is 5.33. The molecule has 18 heavy (non-hydrogen) atoms. The zero-order valence-electron chi connectivity index (χ0n) is 9.09. The van der Waals surface area contributed by atoms with Crippen LogP contribution in [-0.4, -0.2) is 21.9 Å². The van der Waals surface area contributed by atoms with Crippen LogP contribution in [0.1, 0.15) is 0 Å². The summed E-state index contributed by atoms with van der Waals surface area (Å²) in [5.74, 6) is -0.496. The fourth-order valence-electron chi connectivity index (χ4n) is 1.17. The van der Waals surface area contributed by atoms with E-state index < -0.39 is 5.82 Å². The van der Waals surface area contributed by atoms with Gasteiger partial charge >= 0.3 is 0 Å². The summed E-state index contributed by atoms with van der Waals surface area (Å²) in [6.07, 6.45) is 0. The molecule has 0 aliphatic carbocycles. The van der Waals surface area contributed by atoms with Gasteiger partial charge in [-0.15, -0.1) is 10.2 Å². The van der Waals surface area contributed by atoms with E-state index in [4.69, 9.17) is 5.73 Å². The number of nitrogen functional groups attached to an aromatic ring is 1. The molecule has 0 radical (unpaired) electrons. The number of thioether (sulfide) groups is 1. The highest BCUT2D eigenvalue weighted by Gasteiger charge is 2.07. The van der Waals surface area contributed by atoms with Gasteiger partial charge in [0.25, 0.3) is 0 Å². The van der Waals surface area contributed by atoms with Crippen molar-refractivity contribution in [3.05, 3.63) is 29.5 Å². The number of nitrogens with two attached hydrogens (primary N) is 1. The van der Waals surface area contributed by atoms with Gasteiger partial charge in [0.15, 0.2) is 4.34 Å². The lowest BCUT2D eigenvalue weighted by Gasteiger charge is -2.05. The number of carbonyl (C=O) groups excluding carboxylic acids is 1. The number of hydrogen-bond donors (Lipinski definition) is 2. The molecule has 0 saturated carbocycles. The van der Waals surface area contributed by atoms with E-state index in [9.17, 15) is 9.18 Å². The number of nitrogens with one attached hydrogen (secondary N) is 1. The number of nitrogens with zero attached hydrogens (tertiary/aromatic N) is 2. The maximum absolute atomic E-state index is 12.9. The largest absolute Gasteiger partial charge is 0.396 e. The molecule has 0 saturated heterocycles. The van der Waals surface area contributed by atoms with Crippen LogP contribution in [0.4, 0.5) is 15.8 Å². The van der Waals surface area contributed by atoms with Gasteiger partial charge in [-0.1, -0.05) is 23.1 Å². The summed E-state index contributed by atoms with van der Waals surface area (Å²) in [5.41, 5.74) is 7.47. The van der Waals surface area contributed by atoms with Crippen molar-refractivity contribution >= 4 is 40.4 Å². The molecule has 94 valence electrons. The molecule has 1 aromatic heterocycles. The Hall–Kier alpha value is -1.67. The third kappa shape index (κ3) is 3.41. The lowest BCUT2D eigenvalue weighted by Crippen LogP contribution is -2.14. The first-order valence-electron chi connectivity index (χ1n) is 4.89. The van der Waals surface area contributed by atoms with Crippen molar-refractivity contribution < 1.29 is 9.18 Å². The standard InChI is InChI=1S/C10H9FN4OS2/c11-7-2-1-6(3-8(7)12)14-9(16)4-17-10-15-13-5-18-10/h1-3,5H,4,12H2,(H,14,16). The predicted molar refractivity (Wildman–Crippen MR) is 70.1 cm³/mol. The fraction of sp³-hybridized carbons (Fsp3) is 0.100. The molecule has 0 bridgehead atoms. The van der Waals surface area contributed by atoms with Gasteiger partial charge in [0.05, 0.1) is 11.4 Å². The van der Waals surface area contributed by atoms with Gasteiger partial charge in [-0.25, -0.2) is 4.39 Å². The maximum atomic E-state index is 12.9. The van der Waals surface area contributed by atoms with Crippen LogP contribution < -0.4 is 11.1 Å². The van der Waals surface area contributed by atoms with Gasteiger partial charge < -0.3 is 11.1 Å². The van der Waals surface area contributed by atoms with Crippen LogP contribution in [0.25, 0.3) is 0 Å². The zero-order valence-corrected chi connectivity index (χ0v) is 10.7. The first kappa shape index (κ1) is 12.8. The number of carbonyl (C=O) groups is 1. The summed E-state index contributed by atoms with van der Waals surface area (Å²) in [7, 11) is 0. The van der Waals surface area contributed by atoms with E-state index in [1.54, 1.807) is 5.51 Å². The number of amides is 1. The highest BCUT2D eigenvalue weighted by molar-refractivity contribution is 8.01. The lowest BCUT2D eigenvalue weighted by molar-refractivity contribution is -0.113. The molecule has 0 aliphatic rings. The van der Waals surface area contributed by atoms with Gasteiger partial charge in [-0.3, -0.25) is 4.79 Å². The van der Waals surface area contributed by atoms with Crippen LogP contribution in [0.2, 0.25) is 0 Å². The van der Waals surface area contributed by atoms with Gasteiger partial charge in [0.2, 0.25) is 5.91 Å². The quantitative estimate of drug-likeness (QED) is 0.663. The van der Waals surface area contributed by atoms with Gasteiger partial charge in [-0.2, -0.15) is 0 Å². The van der Waals surface area contributed by atoms with E-state index in [0.29, 0.717) is 5.69 Å². The number of rotatable bonds is 4. The van der Waals surface area contributed by atoms with Crippen LogP contribution in [0, 0.1) is 5.82 Å². The summed E-state index contributed by atoms with van der Waals surface area (Å²) >= 11 is 2.66. The topological polar surface area (TPSA) is 80.9 Å². The molecule has 2 rings (SSSR count). The predicted octanol–water partition coefficient (Wildman–Crippen LogP) is 1.99. The molecule has 1 aromatic carbocycles. The first-order chi connectivity index (χ1) is 8.65. The molecule has 5 nitrogen and oxygen atoms in total. The minimum atomic E-state index is -0.503. The monoisotopic (exact) mass is 284 g/mol. The molecular formula is C10H9FN4OS2. The van der Waals surface area contributed by atoms with E-state index in [1.165, 1.54) is 41.3 Å². The van der Waals surface area contributed by atoms with Crippen molar-refractivity contribution in [1.82, 2.24) is 10.2 Å². The molecule has 2 aromatic rings. The Morgan fingerprint density at radius 2 is 2.39 bits per heavy atom. The molecule has 3 N–H and O–H groups in total. The lowest BCUT2D eigenvalue weighted by atomic mass is 10.2. The normalized spacial score (nSPS) is 10.3. The highest BCUT2D eigenvalue weighted by Crippen LogP contribution is 2.20. The van der Waals surface area contributed by atoms with Crippen molar-refractivity contribution in [3.63, 3.8) is 0 Å². The Morgan fingerprint density at radius 3 is 3.06 bits per heavy atom. The zero-order chi connectivity index (χ0) is 13.0. The molecule has 0 fully saturated rings. The third-order valence-electron chi connectivity index (χ3n) is 1.95. The minimum absolute atomic E-state index is 0.00424. The number of aromatic nitrogens is 2. The summed E-state index contributed by atoms with van der Waals surface area (Å²) in [5, 5.41) is 10.1. The fourth-order valence-corrected chi connectivity index (χ4v) is 2.46. The Bertz CT molecular complexity index is 547. The number of hydrogen-bond acceptors (Lipinski definition) is 6. The summed E-state index contributed by atoms with van der Waals surface area (Å²) < 4.78 is 13.6. The van der Waals surface area contributed by atoms with Crippen LogP contribution >= 0.6 is 23.1 Å². The van der Waals surface area contributed by atoms with E-state index in [0.717, 1.165) is 4.34 Å². The van der Waals surface area contributed by atoms with Gasteiger partial charge in [0.1, 0.15) is 11.3 Å². The first-order valence-corrected chi connectivity index (χ1v) is 6.75. The van der Waals surface area contributed by atoms with Crippen molar-refractivity contribution in [2.75, 3.05) is 16.8 Å². The number of anilines is 2. The molecule has 1 heterocycles. The number of benzene rings is 1. The van der Waals surface area contributed by atoms with Gasteiger partial charge in [-0.05, 0) is 18.2 Å². The average Bonchev–Trinajstić information content (AvgIpc) is 2.84. The second-order valence-electron chi connectivity index (χ2n) is 3.28. The van der Waals surface area contributed by atoms with Crippen molar-refractivity contribution in [2.45, 2.75) is 4.34 Å². The van der Waals surface area contributed by atoms with Crippen LogP contribution in [0.3, 0.4) is 0 Å². The van der Waals surface area contributed by atoms with E-state index in [1.807, 2.05) is 0 Å². The molecule has 0 aliphatic heterocycles. The smallest absolute Gasteiger partial charge is 0.234 e. The Kier molecular flexibility index (Phi) is 4.11. The highest BCUT2D eigenvalue weighted by atomic mass is 32.2. The third-order valence-corrected chi connectivity index (χ3v) is 3.81. The molecular weight excluding hydrogens is 275 g/mol. The average molecular weight is 284 g/mol. The van der Waals surface area contributed by atoms with Gasteiger partial charge in [0, 0.05) is 5.69 Å². The Morgan fingerprint density at radius 1 is 1.56 bits per heavy atom. The Balaban J connectivity index is 1.88. The van der Waals surface area contributed by atoms with Crippen molar-refractivity contribution in [2.24, 2.45) is 0 Å². The minimum Gasteiger partial charge on any atom is -0.396 e. The van der Waals surface area contributed by atoms with Crippen LogP contribution in [-0.2, 0) is 4.79 Å². The molecule has 1 amide bonds. The molecule has 0 unspecified atom stereocenters. The van der Waals surface area contributed by atoms with E-state index in [-0.39, 0.29) is 17.3 Å². The van der Waals surface area contributed by atoms with Crippen molar-refractivity contribution in [1.29, 1.82) is 0 Å². The molecule has 0 atom stereocenters. The summed E-state index contributed by atoms with van der Waals surface area (Å²) in [6, 6.07) is 4.05. The maximum Gasteiger partial charge on any atom is 0.234 e. The van der Waals surface area contributed by atoms with Crippen LogP contribution in [0.15, 0.2) is 28.0 Å². The molecule has 0 spiro atoms. The van der Waals surface area contributed by atoms with Crippen LogP contribution in [0.5, 0.6) is 0 Å². The number of halogens is 1. The summed E-state index contributed by atoms with van der Waals surface area (Å²) in [6.45, 7) is 0.